The molecule has 2 N–H and O–H groups in total. The van der Waals surface area contributed by atoms with Crippen LogP contribution in [0.5, 0.6) is 0 Å². The van der Waals surface area contributed by atoms with Gasteiger partial charge in [0.05, 0.1) is 10.3 Å². The lowest BCUT2D eigenvalue weighted by Gasteiger charge is -2.27. The highest BCUT2D eigenvalue weighted by Gasteiger charge is 2.30. The molecule has 0 rings (SSSR count). The molecule has 0 bridgehead atoms. The van der Waals surface area contributed by atoms with Gasteiger partial charge in [0.25, 0.3) is 0 Å². The molecule has 1 atom stereocenters. The fourth-order valence-electron chi connectivity index (χ4n) is 1.39. The second kappa shape index (κ2) is 5.47. The van der Waals surface area contributed by atoms with Crippen molar-refractivity contribution in [3.63, 3.8) is 0 Å². The Morgan fingerprint density at radius 1 is 1.19 bits per heavy atom. The highest BCUT2D eigenvalue weighted by Crippen LogP contribution is 2.15. The van der Waals surface area contributed by atoms with Crippen molar-refractivity contribution < 1.29 is 13.5 Å². The molecule has 0 aliphatic heterocycles. The first-order chi connectivity index (χ1) is 7.02. The van der Waals surface area contributed by atoms with E-state index in [9.17, 15) is 13.5 Å². The van der Waals surface area contributed by atoms with Crippen molar-refractivity contribution in [1.82, 2.24) is 5.32 Å². The molecule has 0 fully saturated rings. The van der Waals surface area contributed by atoms with Gasteiger partial charge < -0.3 is 10.4 Å². The fraction of sp³-hybridized carbons (Fsp3) is 1.00. The van der Waals surface area contributed by atoms with Gasteiger partial charge in [0.15, 0.2) is 9.84 Å². The van der Waals surface area contributed by atoms with Crippen LogP contribution < -0.4 is 5.32 Å². The Balaban J connectivity index is 4.19. The minimum atomic E-state index is -3.08. The third kappa shape index (κ3) is 5.27. The first-order valence-electron chi connectivity index (χ1n) is 5.64. The predicted molar refractivity (Wildman–Crippen MR) is 67.3 cm³/mol. The van der Waals surface area contributed by atoms with Crippen LogP contribution >= 0.6 is 0 Å². The number of hydrogen-bond acceptors (Lipinski definition) is 4. The zero-order valence-corrected chi connectivity index (χ0v) is 11.8. The number of aliphatic hydroxyl groups is 1. The van der Waals surface area contributed by atoms with E-state index in [-0.39, 0.29) is 0 Å². The van der Waals surface area contributed by atoms with Crippen LogP contribution in [0, 0.1) is 0 Å². The minimum Gasteiger partial charge on any atom is -0.389 e. The molecule has 4 nitrogen and oxygen atoms in total. The van der Waals surface area contributed by atoms with Crippen LogP contribution in [0.2, 0.25) is 0 Å². The Morgan fingerprint density at radius 3 is 2.06 bits per heavy atom. The summed E-state index contributed by atoms with van der Waals surface area (Å²) in [7, 11) is -3.08. The number of rotatable bonds is 7. The predicted octanol–water partition coefficient (Wildman–Crippen LogP) is 0.950. The molecule has 0 aliphatic rings. The second-order valence-electron chi connectivity index (χ2n) is 5.38. The van der Waals surface area contributed by atoms with Gasteiger partial charge in [0, 0.05) is 19.3 Å². The maximum Gasteiger partial charge on any atom is 0.153 e. The summed E-state index contributed by atoms with van der Waals surface area (Å²) in [5, 5.41) is 12.9. The highest BCUT2D eigenvalue weighted by atomic mass is 32.2. The topological polar surface area (TPSA) is 66.4 Å². The molecule has 0 amide bonds. The zero-order valence-electron chi connectivity index (χ0n) is 11.0. The van der Waals surface area contributed by atoms with E-state index in [1.165, 1.54) is 6.26 Å². The lowest BCUT2D eigenvalue weighted by molar-refractivity contribution is 0.0498. The minimum absolute atomic E-state index is 0.353. The molecule has 0 aromatic rings. The van der Waals surface area contributed by atoms with Crippen LogP contribution in [0.3, 0.4) is 0 Å². The van der Waals surface area contributed by atoms with Gasteiger partial charge in [-0.2, -0.15) is 0 Å². The standard InChI is InChI=1S/C11H25NO3S/c1-6-7-11(4,13)9-12-8-10(2,3)16(5,14)15/h12-13H,6-9H2,1-5H3. The van der Waals surface area contributed by atoms with Gasteiger partial charge in [-0.15, -0.1) is 0 Å². The van der Waals surface area contributed by atoms with Crippen molar-refractivity contribution in [1.29, 1.82) is 0 Å². The van der Waals surface area contributed by atoms with E-state index in [4.69, 9.17) is 0 Å². The maximum absolute atomic E-state index is 11.4. The normalized spacial score (nSPS) is 17.1. The highest BCUT2D eigenvalue weighted by molar-refractivity contribution is 7.92. The zero-order chi connectivity index (χ0) is 13.0. The first-order valence-corrected chi connectivity index (χ1v) is 7.54. The third-order valence-corrected chi connectivity index (χ3v) is 5.00. The fourth-order valence-corrected chi connectivity index (χ4v) is 1.76. The molecule has 0 spiro atoms. The van der Waals surface area contributed by atoms with Gasteiger partial charge >= 0.3 is 0 Å². The first kappa shape index (κ1) is 15.9. The molecular formula is C11H25NO3S. The van der Waals surface area contributed by atoms with E-state index < -0.39 is 20.2 Å². The van der Waals surface area contributed by atoms with Crippen LogP contribution in [0.25, 0.3) is 0 Å². The number of hydrogen-bond donors (Lipinski definition) is 2. The molecular weight excluding hydrogens is 226 g/mol. The van der Waals surface area contributed by atoms with E-state index >= 15 is 0 Å². The molecule has 0 saturated carbocycles. The van der Waals surface area contributed by atoms with Crippen LogP contribution in [0.1, 0.15) is 40.5 Å². The van der Waals surface area contributed by atoms with Crippen LogP contribution in [-0.2, 0) is 9.84 Å². The Labute approximate surface area is 99.4 Å². The lowest BCUT2D eigenvalue weighted by atomic mass is 10.0. The van der Waals surface area contributed by atoms with Crippen molar-refractivity contribution in [3.05, 3.63) is 0 Å². The Hall–Kier alpha value is -0.130. The molecule has 98 valence electrons. The molecule has 0 aromatic heterocycles. The smallest absolute Gasteiger partial charge is 0.153 e. The van der Waals surface area contributed by atoms with Crippen molar-refractivity contribution in [3.8, 4) is 0 Å². The van der Waals surface area contributed by atoms with Gasteiger partial charge in [-0.1, -0.05) is 13.3 Å². The second-order valence-corrected chi connectivity index (χ2v) is 8.03. The van der Waals surface area contributed by atoms with Gasteiger partial charge in [-0.25, -0.2) is 8.42 Å². The number of sulfone groups is 1. The van der Waals surface area contributed by atoms with Crippen molar-refractivity contribution in [2.45, 2.75) is 50.9 Å². The third-order valence-electron chi connectivity index (χ3n) is 2.85. The van der Waals surface area contributed by atoms with Gasteiger partial charge in [0.1, 0.15) is 0 Å². The van der Waals surface area contributed by atoms with Crippen molar-refractivity contribution in [2.75, 3.05) is 19.3 Å². The van der Waals surface area contributed by atoms with Crippen LogP contribution in [0.15, 0.2) is 0 Å². The van der Waals surface area contributed by atoms with Gasteiger partial charge in [-0.3, -0.25) is 0 Å². The summed E-state index contributed by atoms with van der Waals surface area (Å²) in [5.41, 5.74) is -0.762. The average molecular weight is 251 g/mol. The van der Waals surface area contributed by atoms with E-state index in [2.05, 4.69) is 5.32 Å². The summed E-state index contributed by atoms with van der Waals surface area (Å²) >= 11 is 0. The molecule has 1 unspecified atom stereocenters. The van der Waals surface area contributed by atoms with Crippen LogP contribution in [-0.4, -0.2) is 43.2 Å². The number of nitrogens with one attached hydrogen (secondary N) is 1. The molecule has 0 heterocycles. The molecule has 5 heteroatoms. The SMILES string of the molecule is CCCC(C)(O)CNCC(C)(C)S(C)(=O)=O. The monoisotopic (exact) mass is 251 g/mol. The van der Waals surface area contributed by atoms with Gasteiger partial charge in [0.2, 0.25) is 0 Å². The quantitative estimate of drug-likeness (QED) is 0.707. The summed E-state index contributed by atoms with van der Waals surface area (Å²) in [6.45, 7) is 7.91. The lowest BCUT2D eigenvalue weighted by Crippen LogP contribution is -2.46. The van der Waals surface area contributed by atoms with E-state index in [0.29, 0.717) is 19.5 Å². The van der Waals surface area contributed by atoms with Gasteiger partial charge in [-0.05, 0) is 27.2 Å². The average Bonchev–Trinajstić information content (AvgIpc) is 2.00. The molecule has 0 radical (unpaired) electrons. The molecule has 16 heavy (non-hydrogen) atoms. The maximum atomic E-state index is 11.4. The largest absolute Gasteiger partial charge is 0.389 e. The van der Waals surface area contributed by atoms with Crippen molar-refractivity contribution in [2.24, 2.45) is 0 Å². The summed E-state index contributed by atoms with van der Waals surface area (Å²) in [5.74, 6) is 0. The van der Waals surface area contributed by atoms with E-state index in [0.717, 1.165) is 6.42 Å². The molecule has 0 aliphatic carbocycles. The van der Waals surface area contributed by atoms with Crippen LogP contribution in [0.4, 0.5) is 0 Å². The molecule has 0 saturated heterocycles. The Bertz CT molecular complexity index is 307. The summed E-state index contributed by atoms with van der Waals surface area (Å²) < 4.78 is 22.1. The Kier molecular flexibility index (Phi) is 5.42. The summed E-state index contributed by atoms with van der Waals surface area (Å²) in [6.07, 6.45) is 2.85. The molecule has 0 aromatic carbocycles. The van der Waals surface area contributed by atoms with E-state index in [1.54, 1.807) is 20.8 Å². The summed E-state index contributed by atoms with van der Waals surface area (Å²) in [6, 6.07) is 0. The Morgan fingerprint density at radius 2 is 1.69 bits per heavy atom. The van der Waals surface area contributed by atoms with Crippen molar-refractivity contribution >= 4 is 9.84 Å². The summed E-state index contributed by atoms with van der Waals surface area (Å²) in [4.78, 5) is 0. The van der Waals surface area contributed by atoms with E-state index in [1.807, 2.05) is 6.92 Å².